The summed E-state index contributed by atoms with van der Waals surface area (Å²) in [5.74, 6) is -4.87. The van der Waals surface area contributed by atoms with Crippen LogP contribution >= 0.6 is 0 Å². The molecular weight excluding hydrogens is 314 g/mol. The second-order valence-corrected chi connectivity index (χ2v) is 6.39. The van der Waals surface area contributed by atoms with E-state index < -0.39 is 41.2 Å². The minimum atomic E-state index is -4.29. The summed E-state index contributed by atoms with van der Waals surface area (Å²) < 4.78 is 77.0. The van der Waals surface area contributed by atoms with Gasteiger partial charge in [-0.05, 0) is 17.7 Å². The summed E-state index contributed by atoms with van der Waals surface area (Å²) >= 11 is 0. The standard InChI is InChI=1S/C12H15F4NO3S/c13-11(14)12(15,16)8-20-4-5-21(18,19)10-3-1-2-9(6-10)7-17/h1-3,6,11H,4-5,7-8,17H2. The monoisotopic (exact) mass is 329 g/mol. The Hall–Kier alpha value is -1.19. The van der Waals surface area contributed by atoms with Crippen molar-refractivity contribution in [1.82, 2.24) is 0 Å². The molecule has 0 bridgehead atoms. The van der Waals surface area contributed by atoms with Gasteiger partial charge >= 0.3 is 12.3 Å². The van der Waals surface area contributed by atoms with Crippen LogP contribution in [0.5, 0.6) is 0 Å². The molecule has 0 saturated carbocycles. The van der Waals surface area contributed by atoms with Gasteiger partial charge in [-0.3, -0.25) is 0 Å². The van der Waals surface area contributed by atoms with E-state index >= 15 is 0 Å². The number of rotatable bonds is 8. The van der Waals surface area contributed by atoms with E-state index in [1.807, 2.05) is 0 Å². The highest BCUT2D eigenvalue weighted by atomic mass is 32.2. The predicted molar refractivity (Wildman–Crippen MR) is 68.2 cm³/mol. The average molecular weight is 329 g/mol. The molecule has 0 fully saturated rings. The maximum absolute atomic E-state index is 12.5. The molecule has 1 rings (SSSR count). The Bertz CT molecular complexity index is 563. The van der Waals surface area contributed by atoms with Crippen LogP contribution < -0.4 is 5.73 Å². The molecule has 0 spiro atoms. The normalized spacial score (nSPS) is 12.9. The first-order chi connectivity index (χ1) is 9.69. The molecule has 0 aliphatic heterocycles. The van der Waals surface area contributed by atoms with Crippen LogP contribution in [0.4, 0.5) is 17.6 Å². The van der Waals surface area contributed by atoms with Crippen molar-refractivity contribution in [3.05, 3.63) is 29.8 Å². The molecule has 0 amide bonds. The number of sulfone groups is 1. The third kappa shape index (κ3) is 5.25. The molecule has 9 heteroatoms. The quantitative estimate of drug-likeness (QED) is 0.584. The number of halogens is 4. The molecule has 0 aliphatic rings. The molecule has 0 saturated heterocycles. The Morgan fingerprint density at radius 3 is 2.52 bits per heavy atom. The molecule has 2 N–H and O–H groups in total. The number of ether oxygens (including phenoxy) is 1. The largest absolute Gasteiger partial charge is 0.374 e. The average Bonchev–Trinajstić information content (AvgIpc) is 2.43. The van der Waals surface area contributed by atoms with E-state index in [0.29, 0.717) is 5.56 Å². The summed E-state index contributed by atoms with van der Waals surface area (Å²) in [6.07, 6.45) is -3.85. The predicted octanol–water partition coefficient (Wildman–Crippen LogP) is 1.84. The molecule has 120 valence electrons. The van der Waals surface area contributed by atoms with E-state index in [2.05, 4.69) is 4.74 Å². The van der Waals surface area contributed by atoms with Crippen LogP contribution in [0.2, 0.25) is 0 Å². The van der Waals surface area contributed by atoms with Gasteiger partial charge in [0.15, 0.2) is 9.84 Å². The van der Waals surface area contributed by atoms with Crippen LogP contribution in [0.15, 0.2) is 29.2 Å². The Labute approximate surface area is 119 Å². The zero-order chi connectivity index (χ0) is 16.1. The van der Waals surface area contributed by atoms with Crippen molar-refractivity contribution < 1.29 is 30.7 Å². The molecule has 0 unspecified atom stereocenters. The second kappa shape index (κ2) is 7.19. The minimum Gasteiger partial charge on any atom is -0.374 e. The Balaban J connectivity index is 2.58. The summed E-state index contributed by atoms with van der Waals surface area (Å²) in [6, 6.07) is 5.84. The van der Waals surface area contributed by atoms with E-state index in [-0.39, 0.29) is 11.4 Å². The fraction of sp³-hybridized carbons (Fsp3) is 0.500. The summed E-state index contributed by atoms with van der Waals surface area (Å²) in [5.41, 5.74) is 5.98. The molecule has 0 aliphatic carbocycles. The van der Waals surface area contributed by atoms with Gasteiger partial charge in [0.25, 0.3) is 0 Å². The maximum Gasteiger partial charge on any atom is 0.330 e. The maximum atomic E-state index is 12.5. The molecular formula is C12H15F4NO3S. The lowest BCUT2D eigenvalue weighted by Gasteiger charge is -2.15. The van der Waals surface area contributed by atoms with Gasteiger partial charge in [-0.1, -0.05) is 12.1 Å². The van der Waals surface area contributed by atoms with Gasteiger partial charge in [-0.25, -0.2) is 17.2 Å². The summed E-state index contributed by atoms with van der Waals surface area (Å²) in [4.78, 5) is -0.0188. The van der Waals surface area contributed by atoms with Crippen LogP contribution in [0.3, 0.4) is 0 Å². The third-order valence-electron chi connectivity index (χ3n) is 2.60. The lowest BCUT2D eigenvalue weighted by molar-refractivity contribution is -0.164. The van der Waals surface area contributed by atoms with Crippen LogP contribution in [0.1, 0.15) is 5.56 Å². The van der Waals surface area contributed by atoms with Crippen LogP contribution in [-0.4, -0.2) is 39.7 Å². The van der Waals surface area contributed by atoms with Crippen molar-refractivity contribution in [3.8, 4) is 0 Å². The van der Waals surface area contributed by atoms with E-state index in [1.165, 1.54) is 18.2 Å². The lowest BCUT2D eigenvalue weighted by atomic mass is 10.2. The number of alkyl halides is 4. The number of benzene rings is 1. The molecule has 0 atom stereocenters. The van der Waals surface area contributed by atoms with E-state index in [9.17, 15) is 26.0 Å². The van der Waals surface area contributed by atoms with E-state index in [1.54, 1.807) is 6.07 Å². The van der Waals surface area contributed by atoms with Gasteiger partial charge in [-0.2, -0.15) is 8.78 Å². The number of hydrogen-bond donors (Lipinski definition) is 1. The first-order valence-corrected chi connectivity index (χ1v) is 7.60. The van der Waals surface area contributed by atoms with Crippen molar-refractivity contribution in [3.63, 3.8) is 0 Å². The first kappa shape index (κ1) is 17.9. The molecule has 4 nitrogen and oxygen atoms in total. The highest BCUT2D eigenvalue weighted by Crippen LogP contribution is 2.23. The topological polar surface area (TPSA) is 69.4 Å². The van der Waals surface area contributed by atoms with Crippen molar-refractivity contribution >= 4 is 9.84 Å². The van der Waals surface area contributed by atoms with Crippen molar-refractivity contribution in [2.75, 3.05) is 19.0 Å². The van der Waals surface area contributed by atoms with Gasteiger partial charge < -0.3 is 10.5 Å². The molecule has 0 radical (unpaired) electrons. The van der Waals surface area contributed by atoms with Crippen LogP contribution in [0, 0.1) is 0 Å². The second-order valence-electron chi connectivity index (χ2n) is 4.28. The Kier molecular flexibility index (Phi) is 6.11. The van der Waals surface area contributed by atoms with Crippen molar-refractivity contribution in [2.24, 2.45) is 5.73 Å². The smallest absolute Gasteiger partial charge is 0.330 e. The third-order valence-corrected chi connectivity index (χ3v) is 4.28. The Morgan fingerprint density at radius 2 is 1.95 bits per heavy atom. The SMILES string of the molecule is NCc1cccc(S(=O)(=O)CCOCC(F)(F)C(F)F)c1. The van der Waals surface area contributed by atoms with Crippen LogP contribution in [-0.2, 0) is 21.1 Å². The fourth-order valence-corrected chi connectivity index (χ4v) is 2.61. The van der Waals surface area contributed by atoms with Gasteiger partial charge in [0.1, 0.15) is 6.61 Å². The summed E-state index contributed by atoms with van der Waals surface area (Å²) in [5, 5.41) is 0. The lowest BCUT2D eigenvalue weighted by Crippen LogP contribution is -2.33. The van der Waals surface area contributed by atoms with Crippen LogP contribution in [0.25, 0.3) is 0 Å². The molecule has 1 aromatic rings. The highest BCUT2D eigenvalue weighted by Gasteiger charge is 2.41. The molecule has 1 aromatic carbocycles. The minimum absolute atomic E-state index is 0.0188. The zero-order valence-electron chi connectivity index (χ0n) is 10.9. The first-order valence-electron chi connectivity index (χ1n) is 5.94. The number of hydrogen-bond acceptors (Lipinski definition) is 4. The van der Waals surface area contributed by atoms with E-state index in [4.69, 9.17) is 5.73 Å². The Morgan fingerprint density at radius 1 is 1.29 bits per heavy atom. The van der Waals surface area contributed by atoms with Crippen molar-refractivity contribution in [1.29, 1.82) is 0 Å². The fourth-order valence-electron chi connectivity index (χ4n) is 1.42. The highest BCUT2D eigenvalue weighted by molar-refractivity contribution is 7.91. The van der Waals surface area contributed by atoms with Gasteiger partial charge in [0.05, 0.1) is 17.3 Å². The van der Waals surface area contributed by atoms with E-state index in [0.717, 1.165) is 0 Å². The zero-order valence-corrected chi connectivity index (χ0v) is 11.8. The van der Waals surface area contributed by atoms with Crippen molar-refractivity contribution in [2.45, 2.75) is 23.8 Å². The van der Waals surface area contributed by atoms with Gasteiger partial charge in [-0.15, -0.1) is 0 Å². The van der Waals surface area contributed by atoms with Gasteiger partial charge in [0.2, 0.25) is 0 Å². The number of nitrogens with two attached hydrogens (primary N) is 1. The molecule has 0 heterocycles. The van der Waals surface area contributed by atoms with Gasteiger partial charge in [0, 0.05) is 6.54 Å². The summed E-state index contributed by atoms with van der Waals surface area (Å²) in [6.45, 7) is -1.97. The molecule has 0 aromatic heterocycles. The summed E-state index contributed by atoms with van der Waals surface area (Å²) in [7, 11) is -3.74. The molecule has 21 heavy (non-hydrogen) atoms.